The molecule has 0 saturated carbocycles. The van der Waals surface area contributed by atoms with Crippen molar-refractivity contribution in [3.05, 3.63) is 23.6 Å². The minimum atomic E-state index is -0.976. The molecular formula is C9H10BrFO2. The lowest BCUT2D eigenvalue weighted by atomic mass is 9.81. The summed E-state index contributed by atoms with van der Waals surface area (Å²) in [4.78, 5) is 10.6. The van der Waals surface area contributed by atoms with Gasteiger partial charge in [0.2, 0.25) is 0 Å². The lowest BCUT2D eigenvalue weighted by molar-refractivity contribution is -0.133. The first kappa shape index (κ1) is 10.4. The smallest absolute Gasteiger partial charge is 0.331 e. The third kappa shape index (κ3) is 1.99. The van der Waals surface area contributed by atoms with Crippen LogP contribution >= 0.6 is 15.9 Å². The van der Waals surface area contributed by atoms with E-state index >= 15 is 0 Å². The van der Waals surface area contributed by atoms with Gasteiger partial charge in [-0.3, -0.25) is 0 Å². The number of aliphatic carboxylic acids is 1. The molecule has 1 unspecified atom stereocenters. The average molecular weight is 249 g/mol. The van der Waals surface area contributed by atoms with Crippen LogP contribution in [0.5, 0.6) is 0 Å². The first-order valence-corrected chi connectivity index (χ1v) is 4.98. The summed E-state index contributed by atoms with van der Waals surface area (Å²) < 4.78 is 13.3. The Morgan fingerprint density at radius 3 is 2.85 bits per heavy atom. The summed E-state index contributed by atoms with van der Waals surface area (Å²) in [6.45, 7) is 1.70. The van der Waals surface area contributed by atoms with Gasteiger partial charge in [-0.2, -0.15) is 0 Å². The first-order valence-electron chi connectivity index (χ1n) is 3.86. The molecule has 0 bridgehead atoms. The van der Waals surface area contributed by atoms with Gasteiger partial charge in [0, 0.05) is 16.3 Å². The van der Waals surface area contributed by atoms with Gasteiger partial charge in [0.15, 0.2) is 0 Å². The van der Waals surface area contributed by atoms with Crippen LogP contribution < -0.4 is 0 Å². The molecule has 1 aliphatic rings. The van der Waals surface area contributed by atoms with Crippen molar-refractivity contribution in [2.45, 2.75) is 13.3 Å². The zero-order chi connectivity index (χ0) is 10.1. The average Bonchev–Trinajstić information content (AvgIpc) is 2.09. The highest BCUT2D eigenvalue weighted by atomic mass is 79.9. The number of hydrogen-bond donors (Lipinski definition) is 1. The van der Waals surface area contributed by atoms with Gasteiger partial charge in [0.25, 0.3) is 0 Å². The standard InChI is InChI=1S/C9H10BrFO2/c1-9(5-10)4-6(8(12)13)2-3-7(9)11/h2-3H,4-5H2,1H3,(H,12,13). The molecule has 0 aromatic carbocycles. The Morgan fingerprint density at radius 1 is 1.77 bits per heavy atom. The monoisotopic (exact) mass is 248 g/mol. The molecule has 1 atom stereocenters. The Balaban J connectivity index is 2.96. The minimum absolute atomic E-state index is 0.232. The van der Waals surface area contributed by atoms with Gasteiger partial charge in [0.1, 0.15) is 5.83 Å². The molecule has 0 spiro atoms. The molecule has 0 aromatic rings. The highest BCUT2D eigenvalue weighted by molar-refractivity contribution is 9.09. The molecule has 1 rings (SSSR count). The van der Waals surface area contributed by atoms with Crippen molar-refractivity contribution >= 4 is 21.9 Å². The van der Waals surface area contributed by atoms with Crippen LogP contribution in [0, 0.1) is 5.41 Å². The van der Waals surface area contributed by atoms with Crippen LogP contribution in [0.4, 0.5) is 4.39 Å². The number of hydrogen-bond acceptors (Lipinski definition) is 1. The van der Waals surface area contributed by atoms with E-state index in [4.69, 9.17) is 5.11 Å². The van der Waals surface area contributed by atoms with Crippen LogP contribution in [0.15, 0.2) is 23.6 Å². The number of allylic oxidation sites excluding steroid dienone is 3. The summed E-state index contributed by atoms with van der Waals surface area (Å²) in [5.74, 6) is -1.25. The predicted octanol–water partition coefficient (Wildman–Crippen LogP) is 2.66. The molecule has 72 valence electrons. The molecule has 2 nitrogen and oxygen atoms in total. The number of halogens is 2. The Bertz CT molecular complexity index is 296. The van der Waals surface area contributed by atoms with Crippen LogP contribution in [-0.4, -0.2) is 16.4 Å². The zero-order valence-electron chi connectivity index (χ0n) is 7.18. The molecule has 0 heterocycles. The van der Waals surface area contributed by atoms with E-state index in [1.165, 1.54) is 12.2 Å². The van der Waals surface area contributed by atoms with E-state index in [2.05, 4.69) is 15.9 Å². The number of carboxylic acid groups (broad SMARTS) is 1. The summed E-state index contributed by atoms with van der Waals surface area (Å²) in [6, 6.07) is 0. The molecule has 1 aliphatic carbocycles. The van der Waals surface area contributed by atoms with E-state index < -0.39 is 11.4 Å². The van der Waals surface area contributed by atoms with Crippen LogP contribution in [0.2, 0.25) is 0 Å². The minimum Gasteiger partial charge on any atom is -0.478 e. The van der Waals surface area contributed by atoms with E-state index in [1.54, 1.807) is 6.92 Å². The molecule has 13 heavy (non-hydrogen) atoms. The van der Waals surface area contributed by atoms with Crippen molar-refractivity contribution in [2.24, 2.45) is 5.41 Å². The molecule has 0 fully saturated rings. The van der Waals surface area contributed by atoms with Gasteiger partial charge in [-0.15, -0.1) is 0 Å². The van der Waals surface area contributed by atoms with Crippen molar-refractivity contribution in [3.8, 4) is 0 Å². The Hall–Kier alpha value is -0.640. The summed E-state index contributed by atoms with van der Waals surface area (Å²) in [5, 5.41) is 9.14. The van der Waals surface area contributed by atoms with E-state index in [-0.39, 0.29) is 17.8 Å². The fourth-order valence-corrected chi connectivity index (χ4v) is 1.66. The van der Waals surface area contributed by atoms with Gasteiger partial charge in [0.05, 0.1) is 0 Å². The fraction of sp³-hybridized carbons (Fsp3) is 0.444. The third-order valence-electron chi connectivity index (χ3n) is 2.16. The van der Waals surface area contributed by atoms with Gasteiger partial charge < -0.3 is 5.11 Å². The SMILES string of the molecule is CC1(CBr)CC(C(=O)O)=CC=C1F. The molecule has 0 saturated heterocycles. The quantitative estimate of drug-likeness (QED) is 0.764. The Morgan fingerprint density at radius 2 is 2.38 bits per heavy atom. The summed E-state index contributed by atoms with van der Waals surface area (Å²) >= 11 is 3.18. The molecule has 4 heteroatoms. The molecule has 0 amide bonds. The normalized spacial score (nSPS) is 27.9. The van der Waals surface area contributed by atoms with Crippen LogP contribution in [0.3, 0.4) is 0 Å². The summed E-state index contributed by atoms with van der Waals surface area (Å²) in [7, 11) is 0. The highest BCUT2D eigenvalue weighted by Gasteiger charge is 2.33. The van der Waals surface area contributed by atoms with Gasteiger partial charge >= 0.3 is 5.97 Å². The second kappa shape index (κ2) is 3.62. The van der Waals surface area contributed by atoms with E-state index in [9.17, 15) is 9.18 Å². The fourth-order valence-electron chi connectivity index (χ4n) is 1.20. The maximum atomic E-state index is 13.3. The van der Waals surface area contributed by atoms with E-state index in [0.29, 0.717) is 5.33 Å². The van der Waals surface area contributed by atoms with Gasteiger partial charge in [-0.1, -0.05) is 22.9 Å². The summed E-state index contributed by atoms with van der Waals surface area (Å²) in [6.07, 6.45) is 2.78. The largest absolute Gasteiger partial charge is 0.478 e. The number of alkyl halides is 1. The molecule has 0 radical (unpaired) electrons. The lowest BCUT2D eigenvalue weighted by Gasteiger charge is -2.28. The summed E-state index contributed by atoms with van der Waals surface area (Å²) in [5.41, 5.74) is -0.453. The molecule has 1 N–H and O–H groups in total. The highest BCUT2D eigenvalue weighted by Crippen LogP contribution is 2.39. The molecule has 0 aliphatic heterocycles. The van der Waals surface area contributed by atoms with Crippen molar-refractivity contribution in [1.82, 2.24) is 0 Å². The second-order valence-corrected chi connectivity index (χ2v) is 3.94. The van der Waals surface area contributed by atoms with E-state index in [0.717, 1.165) is 0 Å². The van der Waals surface area contributed by atoms with Crippen molar-refractivity contribution in [3.63, 3.8) is 0 Å². The molecular weight excluding hydrogens is 239 g/mol. The lowest BCUT2D eigenvalue weighted by Crippen LogP contribution is -2.24. The first-order chi connectivity index (χ1) is 5.99. The third-order valence-corrected chi connectivity index (χ3v) is 3.40. The van der Waals surface area contributed by atoms with Gasteiger partial charge in [-0.25, -0.2) is 9.18 Å². The number of carboxylic acids is 1. The maximum absolute atomic E-state index is 13.3. The van der Waals surface area contributed by atoms with Crippen LogP contribution in [-0.2, 0) is 4.79 Å². The van der Waals surface area contributed by atoms with Crippen LogP contribution in [0.25, 0.3) is 0 Å². The van der Waals surface area contributed by atoms with Crippen molar-refractivity contribution in [1.29, 1.82) is 0 Å². The number of rotatable bonds is 2. The maximum Gasteiger partial charge on any atom is 0.331 e. The second-order valence-electron chi connectivity index (χ2n) is 3.38. The van der Waals surface area contributed by atoms with Crippen molar-refractivity contribution in [2.75, 3.05) is 5.33 Å². The predicted molar refractivity (Wildman–Crippen MR) is 51.4 cm³/mol. The van der Waals surface area contributed by atoms with Gasteiger partial charge in [-0.05, 0) is 18.6 Å². The Labute approximate surface area is 84.3 Å². The molecule has 0 aromatic heterocycles. The van der Waals surface area contributed by atoms with Crippen LogP contribution in [0.1, 0.15) is 13.3 Å². The van der Waals surface area contributed by atoms with E-state index in [1.807, 2.05) is 0 Å². The number of carbonyl (C=O) groups is 1. The zero-order valence-corrected chi connectivity index (χ0v) is 8.77. The topological polar surface area (TPSA) is 37.3 Å². The van der Waals surface area contributed by atoms with Crippen molar-refractivity contribution < 1.29 is 14.3 Å². The Kier molecular flexibility index (Phi) is 2.91.